The van der Waals surface area contributed by atoms with Gasteiger partial charge in [0.1, 0.15) is 11.8 Å². The summed E-state index contributed by atoms with van der Waals surface area (Å²) in [5.41, 5.74) is 5.26. The van der Waals surface area contributed by atoms with Crippen LogP contribution in [0.2, 0.25) is 5.02 Å². The topological polar surface area (TPSA) is 72.6 Å². The van der Waals surface area contributed by atoms with Crippen molar-refractivity contribution in [2.75, 3.05) is 12.0 Å². The fourth-order valence-electron chi connectivity index (χ4n) is 2.20. The monoisotopic (exact) mass is 322 g/mol. The van der Waals surface area contributed by atoms with Crippen LogP contribution >= 0.6 is 11.6 Å². The van der Waals surface area contributed by atoms with E-state index in [4.69, 9.17) is 28.5 Å². The van der Waals surface area contributed by atoms with E-state index < -0.39 is 23.3 Å². The third-order valence-corrected chi connectivity index (χ3v) is 3.40. The maximum Gasteiger partial charge on any atom is 0.303 e. The highest BCUT2D eigenvalue weighted by atomic mass is 35.5. The van der Waals surface area contributed by atoms with E-state index in [9.17, 15) is 9.59 Å². The zero-order valence-corrected chi connectivity index (χ0v) is 13.8. The molecule has 22 heavy (non-hydrogen) atoms. The van der Waals surface area contributed by atoms with Crippen LogP contribution < -0.4 is 15.4 Å². The number of hydrogen-bond acceptors (Lipinski definition) is 3. The van der Waals surface area contributed by atoms with E-state index in [0.717, 1.165) is 0 Å². The number of halogens is 1. The Kier molecular flexibility index (Phi) is 5.45. The Labute approximate surface area is 135 Å². The fourth-order valence-corrected chi connectivity index (χ4v) is 2.45. The molecular weight excluding hydrogens is 304 g/mol. The molecule has 0 aliphatic rings. The Balaban J connectivity index is 3.47. The molecule has 0 aliphatic carbocycles. The van der Waals surface area contributed by atoms with E-state index in [0.29, 0.717) is 16.5 Å². The van der Waals surface area contributed by atoms with Crippen molar-refractivity contribution >= 4 is 29.1 Å². The van der Waals surface area contributed by atoms with Crippen molar-refractivity contribution in [2.45, 2.75) is 26.8 Å². The number of anilines is 1. The second-order valence-electron chi connectivity index (χ2n) is 5.81. The minimum Gasteiger partial charge on any atom is -0.495 e. The molecule has 2 amide bonds. The van der Waals surface area contributed by atoms with Crippen LogP contribution in [0.25, 0.3) is 0 Å². The van der Waals surface area contributed by atoms with Gasteiger partial charge < -0.3 is 10.5 Å². The van der Waals surface area contributed by atoms with Crippen LogP contribution in [0.3, 0.4) is 0 Å². The molecule has 6 heteroatoms. The highest BCUT2D eigenvalue weighted by Gasteiger charge is 2.38. The molecule has 1 unspecified atom stereocenters. The van der Waals surface area contributed by atoms with Gasteiger partial charge in [-0.2, -0.15) is 0 Å². The van der Waals surface area contributed by atoms with Crippen molar-refractivity contribution in [1.82, 2.24) is 0 Å². The number of benzene rings is 1. The summed E-state index contributed by atoms with van der Waals surface area (Å²) in [5.74, 6) is 1.16. The van der Waals surface area contributed by atoms with Crippen LogP contribution in [-0.2, 0) is 9.59 Å². The molecule has 0 fully saturated rings. The molecule has 1 aromatic carbocycles. The molecule has 0 bridgehead atoms. The predicted molar refractivity (Wildman–Crippen MR) is 86.8 cm³/mol. The van der Waals surface area contributed by atoms with Gasteiger partial charge in [0, 0.05) is 5.69 Å². The highest BCUT2D eigenvalue weighted by molar-refractivity contribution is 6.32. The standard InChI is InChI=1S/C16H19ClN2O3/c1-6-13(20)19(14(15(18)21)16(2,3)4)10-7-8-12(22-5)11(17)9-10/h1,7-9,14H,2-5H3,(H2,18,21). The summed E-state index contributed by atoms with van der Waals surface area (Å²) in [5, 5.41) is 0.298. The number of methoxy groups -OCH3 is 1. The summed E-state index contributed by atoms with van der Waals surface area (Å²) >= 11 is 6.09. The quantitative estimate of drug-likeness (QED) is 0.864. The van der Waals surface area contributed by atoms with Crippen molar-refractivity contribution < 1.29 is 14.3 Å². The van der Waals surface area contributed by atoms with Crippen molar-refractivity contribution in [3.05, 3.63) is 23.2 Å². The second-order valence-corrected chi connectivity index (χ2v) is 6.22. The zero-order chi connectivity index (χ0) is 17.1. The Morgan fingerprint density at radius 3 is 2.36 bits per heavy atom. The van der Waals surface area contributed by atoms with Crippen molar-refractivity contribution in [3.63, 3.8) is 0 Å². The molecule has 1 atom stereocenters. The molecule has 0 aliphatic heterocycles. The van der Waals surface area contributed by atoms with Gasteiger partial charge in [-0.1, -0.05) is 32.4 Å². The fraction of sp³-hybridized carbons (Fsp3) is 0.375. The number of terminal acetylenes is 1. The largest absolute Gasteiger partial charge is 0.495 e. The molecule has 2 N–H and O–H groups in total. The Bertz CT molecular complexity index is 629. The number of amides is 2. The van der Waals surface area contributed by atoms with Crippen LogP contribution in [0.1, 0.15) is 20.8 Å². The molecule has 0 aromatic heterocycles. The first kappa shape index (κ1) is 17.9. The molecule has 0 saturated carbocycles. The van der Waals surface area contributed by atoms with Gasteiger partial charge >= 0.3 is 5.91 Å². The first-order valence-electron chi connectivity index (χ1n) is 6.56. The number of rotatable bonds is 4. The van der Waals surface area contributed by atoms with Gasteiger partial charge in [-0.15, -0.1) is 6.42 Å². The summed E-state index contributed by atoms with van der Waals surface area (Å²) in [6.07, 6.45) is 5.23. The number of carbonyl (C=O) groups excluding carboxylic acids is 2. The Hall–Kier alpha value is -2.19. The molecule has 1 aromatic rings. The van der Waals surface area contributed by atoms with E-state index in [1.165, 1.54) is 18.1 Å². The van der Waals surface area contributed by atoms with Gasteiger partial charge in [0.2, 0.25) is 5.91 Å². The SMILES string of the molecule is C#CC(=O)N(c1ccc(OC)c(Cl)c1)C(C(N)=O)C(C)(C)C. The number of nitrogens with zero attached hydrogens (tertiary/aromatic N) is 1. The summed E-state index contributed by atoms with van der Waals surface area (Å²) in [6.45, 7) is 5.39. The van der Waals surface area contributed by atoms with Crippen LogP contribution in [0, 0.1) is 17.8 Å². The van der Waals surface area contributed by atoms with Gasteiger partial charge in [0.25, 0.3) is 0 Å². The lowest BCUT2D eigenvalue weighted by atomic mass is 9.84. The number of ether oxygens (including phenoxy) is 1. The average molecular weight is 323 g/mol. The van der Waals surface area contributed by atoms with E-state index >= 15 is 0 Å². The third kappa shape index (κ3) is 3.71. The van der Waals surface area contributed by atoms with Crippen LogP contribution in [0.4, 0.5) is 5.69 Å². The van der Waals surface area contributed by atoms with E-state index in [2.05, 4.69) is 0 Å². The molecule has 0 spiro atoms. The minimum atomic E-state index is -0.916. The second kappa shape index (κ2) is 6.71. The van der Waals surface area contributed by atoms with Crippen LogP contribution in [0.5, 0.6) is 5.75 Å². The molecule has 0 heterocycles. The van der Waals surface area contributed by atoms with E-state index in [1.54, 1.807) is 32.9 Å². The minimum absolute atomic E-state index is 0.298. The highest BCUT2D eigenvalue weighted by Crippen LogP contribution is 2.33. The zero-order valence-electron chi connectivity index (χ0n) is 13.0. The summed E-state index contributed by atoms with van der Waals surface area (Å²) < 4.78 is 5.07. The number of hydrogen-bond donors (Lipinski definition) is 1. The molecule has 5 nitrogen and oxygen atoms in total. The van der Waals surface area contributed by atoms with Crippen LogP contribution in [0.15, 0.2) is 18.2 Å². The lowest BCUT2D eigenvalue weighted by Gasteiger charge is -2.37. The van der Waals surface area contributed by atoms with Crippen LogP contribution in [-0.4, -0.2) is 25.0 Å². The smallest absolute Gasteiger partial charge is 0.303 e. The normalized spacial score (nSPS) is 12.2. The number of nitrogens with two attached hydrogens (primary N) is 1. The van der Waals surface area contributed by atoms with Gasteiger partial charge in [-0.05, 0) is 29.5 Å². The molecule has 118 valence electrons. The Morgan fingerprint density at radius 1 is 1.41 bits per heavy atom. The molecule has 0 saturated heterocycles. The first-order chi connectivity index (χ1) is 10.1. The summed E-state index contributed by atoms with van der Waals surface area (Å²) in [7, 11) is 1.48. The third-order valence-electron chi connectivity index (χ3n) is 3.10. The first-order valence-corrected chi connectivity index (χ1v) is 6.94. The van der Waals surface area contributed by atoms with Gasteiger partial charge in [-0.25, -0.2) is 0 Å². The van der Waals surface area contributed by atoms with E-state index in [1.807, 2.05) is 5.92 Å². The lowest BCUT2D eigenvalue weighted by molar-refractivity contribution is -0.124. The number of carbonyl (C=O) groups is 2. The average Bonchev–Trinajstić information content (AvgIpc) is 2.41. The summed E-state index contributed by atoms with van der Waals surface area (Å²) in [6, 6.07) is 3.79. The van der Waals surface area contributed by atoms with Gasteiger partial charge in [0.15, 0.2) is 0 Å². The molecular formula is C16H19ClN2O3. The molecule has 1 rings (SSSR count). The van der Waals surface area contributed by atoms with E-state index in [-0.39, 0.29) is 0 Å². The lowest BCUT2D eigenvalue weighted by Crippen LogP contribution is -2.54. The predicted octanol–water partition coefficient (Wildman–Crippen LogP) is 2.21. The van der Waals surface area contributed by atoms with Crippen molar-refractivity contribution in [2.24, 2.45) is 11.1 Å². The summed E-state index contributed by atoms with van der Waals surface area (Å²) in [4.78, 5) is 25.3. The maximum atomic E-state index is 12.2. The molecule has 0 radical (unpaired) electrons. The maximum absolute atomic E-state index is 12.2. The van der Waals surface area contributed by atoms with Crippen molar-refractivity contribution in [3.8, 4) is 18.1 Å². The Morgan fingerprint density at radius 2 is 2.00 bits per heavy atom. The van der Waals surface area contributed by atoms with Gasteiger partial charge in [-0.3, -0.25) is 14.5 Å². The van der Waals surface area contributed by atoms with Gasteiger partial charge in [0.05, 0.1) is 12.1 Å². The number of primary amides is 1. The van der Waals surface area contributed by atoms with Crippen molar-refractivity contribution in [1.29, 1.82) is 0 Å².